The van der Waals surface area contributed by atoms with Crippen molar-refractivity contribution in [2.45, 2.75) is 45.1 Å². The highest BCUT2D eigenvalue weighted by atomic mass is 16.5. The van der Waals surface area contributed by atoms with Gasteiger partial charge < -0.3 is 9.84 Å². The molecule has 86 valence electrons. The van der Waals surface area contributed by atoms with Gasteiger partial charge in [-0.25, -0.2) is 0 Å². The lowest BCUT2D eigenvalue weighted by atomic mass is 9.77. The van der Waals surface area contributed by atoms with E-state index in [4.69, 9.17) is 9.84 Å². The second-order valence-corrected chi connectivity index (χ2v) is 5.09. The van der Waals surface area contributed by atoms with Crippen molar-refractivity contribution in [3.63, 3.8) is 0 Å². The summed E-state index contributed by atoms with van der Waals surface area (Å²) in [6.45, 7) is 2.91. The van der Waals surface area contributed by atoms with Crippen molar-refractivity contribution in [1.82, 2.24) is 0 Å². The lowest BCUT2D eigenvalue weighted by molar-refractivity contribution is -0.145. The Labute approximate surface area is 90.8 Å². The largest absolute Gasteiger partial charge is 0.481 e. The van der Waals surface area contributed by atoms with E-state index in [1.54, 1.807) is 0 Å². The van der Waals surface area contributed by atoms with Crippen LogP contribution in [-0.2, 0) is 9.53 Å². The highest BCUT2D eigenvalue weighted by Crippen LogP contribution is 2.37. The third kappa shape index (κ3) is 2.33. The predicted molar refractivity (Wildman–Crippen MR) is 56.6 cm³/mol. The van der Waals surface area contributed by atoms with E-state index in [0.717, 1.165) is 18.8 Å². The molecule has 0 radical (unpaired) electrons. The summed E-state index contributed by atoms with van der Waals surface area (Å²) in [6, 6.07) is 0. The summed E-state index contributed by atoms with van der Waals surface area (Å²) >= 11 is 0. The maximum absolute atomic E-state index is 11.0. The summed E-state index contributed by atoms with van der Waals surface area (Å²) < 4.78 is 5.62. The van der Waals surface area contributed by atoms with Crippen LogP contribution in [0.25, 0.3) is 0 Å². The fourth-order valence-electron chi connectivity index (χ4n) is 2.95. The van der Waals surface area contributed by atoms with Crippen LogP contribution < -0.4 is 0 Å². The molecule has 3 nitrogen and oxygen atoms in total. The van der Waals surface area contributed by atoms with E-state index in [2.05, 4.69) is 6.92 Å². The van der Waals surface area contributed by atoms with Gasteiger partial charge in [0.25, 0.3) is 0 Å². The molecule has 0 aromatic heterocycles. The molecule has 2 fully saturated rings. The van der Waals surface area contributed by atoms with Gasteiger partial charge in [0.2, 0.25) is 0 Å². The Morgan fingerprint density at radius 2 is 1.87 bits per heavy atom. The van der Waals surface area contributed by atoms with Crippen LogP contribution in [0.3, 0.4) is 0 Å². The first-order valence-corrected chi connectivity index (χ1v) is 6.03. The molecular formula is C12H20O3. The number of hydrogen-bond acceptors (Lipinski definition) is 2. The Morgan fingerprint density at radius 3 is 2.47 bits per heavy atom. The van der Waals surface area contributed by atoms with Crippen LogP contribution in [0.2, 0.25) is 0 Å². The smallest absolute Gasteiger partial charge is 0.309 e. The van der Waals surface area contributed by atoms with Crippen molar-refractivity contribution >= 4 is 5.97 Å². The molecule has 1 saturated heterocycles. The highest BCUT2D eigenvalue weighted by molar-refractivity contribution is 5.71. The SMILES string of the molecule is CC1CCC(C2OCCC2C(=O)O)CC1. The van der Waals surface area contributed by atoms with Crippen LogP contribution >= 0.6 is 0 Å². The van der Waals surface area contributed by atoms with E-state index < -0.39 is 5.97 Å². The minimum atomic E-state index is -0.670. The van der Waals surface area contributed by atoms with Gasteiger partial charge in [0.15, 0.2) is 0 Å². The number of carbonyl (C=O) groups is 1. The van der Waals surface area contributed by atoms with Crippen molar-refractivity contribution in [3.05, 3.63) is 0 Å². The lowest BCUT2D eigenvalue weighted by Crippen LogP contribution is -2.33. The maximum atomic E-state index is 11.0. The van der Waals surface area contributed by atoms with Crippen LogP contribution in [0.4, 0.5) is 0 Å². The topological polar surface area (TPSA) is 46.5 Å². The first kappa shape index (κ1) is 10.9. The molecule has 2 unspecified atom stereocenters. The molecule has 2 rings (SSSR count). The third-order valence-electron chi connectivity index (χ3n) is 3.98. The molecule has 2 aliphatic rings. The van der Waals surface area contributed by atoms with Crippen LogP contribution in [-0.4, -0.2) is 23.8 Å². The van der Waals surface area contributed by atoms with Crippen molar-refractivity contribution in [2.24, 2.45) is 17.8 Å². The number of hydrogen-bond donors (Lipinski definition) is 1. The molecule has 1 N–H and O–H groups in total. The normalized spacial score (nSPS) is 41.7. The fraction of sp³-hybridized carbons (Fsp3) is 0.917. The summed E-state index contributed by atoms with van der Waals surface area (Å²) in [5.41, 5.74) is 0. The average molecular weight is 212 g/mol. The number of carboxylic acid groups (broad SMARTS) is 1. The van der Waals surface area contributed by atoms with E-state index in [0.29, 0.717) is 18.9 Å². The number of rotatable bonds is 2. The highest BCUT2D eigenvalue weighted by Gasteiger charge is 2.40. The molecular weight excluding hydrogens is 192 g/mol. The average Bonchev–Trinajstić information content (AvgIpc) is 2.67. The molecule has 15 heavy (non-hydrogen) atoms. The van der Waals surface area contributed by atoms with Gasteiger partial charge in [-0.2, -0.15) is 0 Å². The summed E-state index contributed by atoms with van der Waals surface area (Å²) in [4.78, 5) is 11.0. The Bertz CT molecular complexity index is 231. The Morgan fingerprint density at radius 1 is 1.20 bits per heavy atom. The van der Waals surface area contributed by atoms with E-state index in [9.17, 15) is 4.79 Å². The quantitative estimate of drug-likeness (QED) is 0.764. The van der Waals surface area contributed by atoms with E-state index in [-0.39, 0.29) is 12.0 Å². The van der Waals surface area contributed by atoms with Crippen molar-refractivity contribution in [3.8, 4) is 0 Å². The molecule has 0 aromatic rings. The van der Waals surface area contributed by atoms with Gasteiger partial charge in [0, 0.05) is 6.61 Å². The molecule has 1 aliphatic heterocycles. The monoisotopic (exact) mass is 212 g/mol. The summed E-state index contributed by atoms with van der Waals surface area (Å²) in [5, 5.41) is 9.09. The zero-order valence-corrected chi connectivity index (χ0v) is 9.32. The Balaban J connectivity index is 1.94. The Hall–Kier alpha value is -0.570. The molecule has 0 amide bonds. The van der Waals surface area contributed by atoms with E-state index in [1.165, 1.54) is 12.8 Å². The molecule has 1 heterocycles. The van der Waals surface area contributed by atoms with Gasteiger partial charge in [-0.3, -0.25) is 4.79 Å². The van der Waals surface area contributed by atoms with Gasteiger partial charge in [-0.05, 0) is 31.1 Å². The number of ether oxygens (including phenoxy) is 1. The minimum Gasteiger partial charge on any atom is -0.481 e. The zero-order valence-electron chi connectivity index (χ0n) is 9.32. The van der Waals surface area contributed by atoms with E-state index in [1.807, 2.05) is 0 Å². The summed E-state index contributed by atoms with van der Waals surface area (Å²) in [6.07, 6.45) is 5.46. The van der Waals surface area contributed by atoms with Crippen molar-refractivity contribution in [2.75, 3.05) is 6.61 Å². The van der Waals surface area contributed by atoms with Crippen LogP contribution in [0, 0.1) is 17.8 Å². The first-order chi connectivity index (χ1) is 7.18. The second-order valence-electron chi connectivity index (χ2n) is 5.09. The fourth-order valence-corrected chi connectivity index (χ4v) is 2.95. The van der Waals surface area contributed by atoms with Crippen LogP contribution in [0.5, 0.6) is 0 Å². The predicted octanol–water partition coefficient (Wildman–Crippen LogP) is 2.30. The van der Waals surface area contributed by atoms with Crippen LogP contribution in [0.1, 0.15) is 39.0 Å². The molecule has 2 atom stereocenters. The van der Waals surface area contributed by atoms with Gasteiger partial charge in [-0.15, -0.1) is 0 Å². The van der Waals surface area contributed by atoms with Gasteiger partial charge in [0.05, 0.1) is 12.0 Å². The summed E-state index contributed by atoms with van der Waals surface area (Å²) in [7, 11) is 0. The van der Waals surface area contributed by atoms with E-state index >= 15 is 0 Å². The standard InChI is InChI=1S/C12H20O3/c1-8-2-4-9(5-3-8)11-10(12(13)14)6-7-15-11/h8-11H,2-7H2,1H3,(H,13,14). The molecule has 1 aliphatic carbocycles. The summed E-state index contributed by atoms with van der Waals surface area (Å²) in [5.74, 6) is 0.384. The number of carboxylic acids is 1. The lowest BCUT2D eigenvalue weighted by Gasteiger charge is -2.31. The molecule has 0 bridgehead atoms. The van der Waals surface area contributed by atoms with Gasteiger partial charge >= 0.3 is 5.97 Å². The molecule has 1 saturated carbocycles. The van der Waals surface area contributed by atoms with Crippen molar-refractivity contribution in [1.29, 1.82) is 0 Å². The second kappa shape index (κ2) is 4.52. The number of aliphatic carboxylic acids is 1. The van der Waals surface area contributed by atoms with Gasteiger partial charge in [0.1, 0.15) is 0 Å². The van der Waals surface area contributed by atoms with Gasteiger partial charge in [-0.1, -0.05) is 19.8 Å². The van der Waals surface area contributed by atoms with Crippen molar-refractivity contribution < 1.29 is 14.6 Å². The minimum absolute atomic E-state index is 0.00463. The maximum Gasteiger partial charge on any atom is 0.309 e. The zero-order chi connectivity index (χ0) is 10.8. The molecule has 0 aromatic carbocycles. The first-order valence-electron chi connectivity index (χ1n) is 6.03. The third-order valence-corrected chi connectivity index (χ3v) is 3.98. The molecule has 3 heteroatoms. The molecule has 0 spiro atoms. The van der Waals surface area contributed by atoms with Crippen LogP contribution in [0.15, 0.2) is 0 Å². The Kier molecular flexibility index (Phi) is 3.29.